The molecule has 0 aromatic heterocycles. The van der Waals surface area contributed by atoms with E-state index in [1.807, 2.05) is 12.1 Å². The van der Waals surface area contributed by atoms with Crippen LogP contribution in [0.25, 0.3) is 21.5 Å². The van der Waals surface area contributed by atoms with Crippen LogP contribution >= 0.6 is 0 Å². The first kappa shape index (κ1) is 21.1. The molecule has 0 aliphatic rings. The maximum absolute atomic E-state index is 13.3. The molecule has 31 heavy (non-hydrogen) atoms. The van der Waals surface area contributed by atoms with Crippen molar-refractivity contribution < 1.29 is 8.78 Å². The lowest BCUT2D eigenvalue weighted by Crippen LogP contribution is -1.87. The molecule has 0 fully saturated rings. The Labute approximate surface area is 182 Å². The molecule has 4 aromatic rings. The van der Waals surface area contributed by atoms with Crippen LogP contribution < -0.4 is 0 Å². The molecule has 0 aliphatic carbocycles. The second kappa shape index (κ2) is 9.75. The van der Waals surface area contributed by atoms with Gasteiger partial charge in [0.05, 0.1) is 0 Å². The summed E-state index contributed by atoms with van der Waals surface area (Å²) in [4.78, 5) is 0. The molecule has 4 aromatic carbocycles. The van der Waals surface area contributed by atoms with E-state index in [9.17, 15) is 8.78 Å². The Bertz CT molecular complexity index is 1250. The van der Waals surface area contributed by atoms with Crippen molar-refractivity contribution in [3.8, 4) is 11.8 Å². The van der Waals surface area contributed by atoms with Crippen molar-refractivity contribution in [2.45, 2.75) is 45.4 Å². The van der Waals surface area contributed by atoms with Gasteiger partial charge in [-0.3, -0.25) is 0 Å². The highest BCUT2D eigenvalue weighted by molar-refractivity contribution is 6.07. The molecule has 4 rings (SSSR count). The van der Waals surface area contributed by atoms with Crippen molar-refractivity contribution in [1.29, 1.82) is 0 Å². The molecule has 0 nitrogen and oxygen atoms in total. The van der Waals surface area contributed by atoms with E-state index < -0.39 is 11.6 Å². The first-order valence-corrected chi connectivity index (χ1v) is 11.1. The number of hydrogen-bond acceptors (Lipinski definition) is 0. The molecule has 0 atom stereocenters. The summed E-state index contributed by atoms with van der Waals surface area (Å²) in [6.07, 6.45) is 7.61. The molecule has 0 amide bonds. The minimum absolute atomic E-state index is 0.332. The monoisotopic (exact) mass is 412 g/mol. The van der Waals surface area contributed by atoms with E-state index >= 15 is 0 Å². The van der Waals surface area contributed by atoms with Gasteiger partial charge in [-0.2, -0.15) is 0 Å². The average molecular weight is 413 g/mol. The fraction of sp³-hybridized carbons (Fsp3) is 0.241. The molecular formula is C29H26F2. The van der Waals surface area contributed by atoms with Crippen molar-refractivity contribution in [3.63, 3.8) is 0 Å². The maximum atomic E-state index is 13.3. The number of halogens is 2. The van der Waals surface area contributed by atoms with Gasteiger partial charge in [0.15, 0.2) is 0 Å². The van der Waals surface area contributed by atoms with Gasteiger partial charge in [0.25, 0.3) is 0 Å². The lowest BCUT2D eigenvalue weighted by molar-refractivity contribution is 0.582. The van der Waals surface area contributed by atoms with E-state index in [0.29, 0.717) is 5.56 Å². The van der Waals surface area contributed by atoms with Crippen molar-refractivity contribution in [3.05, 3.63) is 95.1 Å². The number of benzene rings is 4. The summed E-state index contributed by atoms with van der Waals surface area (Å²) < 4.78 is 26.7. The van der Waals surface area contributed by atoms with Crippen LogP contribution in [0.2, 0.25) is 0 Å². The number of unbranched alkanes of at least 4 members (excludes halogenated alkanes) is 4. The molecule has 0 aliphatic heterocycles. The van der Waals surface area contributed by atoms with Crippen LogP contribution in [-0.4, -0.2) is 0 Å². The molecule has 0 heterocycles. The predicted octanol–water partition coefficient (Wildman–Crippen LogP) is 8.18. The highest BCUT2D eigenvalue weighted by atomic mass is 19.1. The Balaban J connectivity index is 1.56. The summed E-state index contributed by atoms with van der Waals surface area (Å²) in [6.45, 7) is 2.24. The average Bonchev–Trinajstić information content (AvgIpc) is 2.76. The molecule has 0 saturated heterocycles. The van der Waals surface area contributed by atoms with Crippen LogP contribution in [0, 0.1) is 23.5 Å². The maximum Gasteiger partial charge on any atom is 0.127 e. The van der Waals surface area contributed by atoms with Crippen LogP contribution in [-0.2, 0) is 6.42 Å². The van der Waals surface area contributed by atoms with Gasteiger partial charge in [0.1, 0.15) is 11.6 Å². The van der Waals surface area contributed by atoms with Crippen LogP contribution in [0.3, 0.4) is 0 Å². The summed E-state index contributed by atoms with van der Waals surface area (Å²) in [6, 6.07) is 20.5. The predicted molar refractivity (Wildman–Crippen MR) is 126 cm³/mol. The molecule has 0 radical (unpaired) electrons. The Morgan fingerprint density at radius 2 is 1.26 bits per heavy atom. The van der Waals surface area contributed by atoms with Crippen molar-refractivity contribution >= 4 is 21.5 Å². The van der Waals surface area contributed by atoms with Gasteiger partial charge in [-0.15, -0.1) is 0 Å². The Morgan fingerprint density at radius 3 is 2.00 bits per heavy atom. The third kappa shape index (κ3) is 5.30. The molecule has 0 bridgehead atoms. The minimum Gasteiger partial charge on any atom is -0.207 e. The standard InChI is InChI=1S/C29H26F2/c1-2-3-4-5-6-7-21-10-14-28-24(16-21)12-13-25-17-22(11-15-29(25)28)8-9-23-18-26(30)20-27(31)19-23/h10-20H,2-7H2,1H3. The zero-order chi connectivity index (χ0) is 21.6. The molecule has 0 saturated carbocycles. The number of fused-ring (bicyclic) bond motifs is 3. The fourth-order valence-electron chi connectivity index (χ4n) is 4.06. The number of rotatable bonds is 6. The smallest absolute Gasteiger partial charge is 0.127 e. The van der Waals surface area contributed by atoms with E-state index in [0.717, 1.165) is 23.4 Å². The van der Waals surface area contributed by atoms with Crippen LogP contribution in [0.5, 0.6) is 0 Å². The SMILES string of the molecule is CCCCCCCc1ccc2c(ccc3cc(C#Cc4cc(F)cc(F)c4)ccc32)c1. The fourth-order valence-corrected chi connectivity index (χ4v) is 4.06. The van der Waals surface area contributed by atoms with Gasteiger partial charge in [0, 0.05) is 17.2 Å². The van der Waals surface area contributed by atoms with E-state index in [1.54, 1.807) is 0 Å². The zero-order valence-electron chi connectivity index (χ0n) is 17.8. The zero-order valence-corrected chi connectivity index (χ0v) is 17.8. The van der Waals surface area contributed by atoms with Gasteiger partial charge < -0.3 is 0 Å². The minimum atomic E-state index is -0.616. The van der Waals surface area contributed by atoms with Gasteiger partial charge in [-0.05, 0) is 64.2 Å². The number of aryl methyl sites for hydroxylation is 1. The normalized spacial score (nSPS) is 10.9. The van der Waals surface area contributed by atoms with Crippen LogP contribution in [0.1, 0.15) is 55.7 Å². The molecule has 0 spiro atoms. The number of hydrogen-bond donors (Lipinski definition) is 0. The summed E-state index contributed by atoms with van der Waals surface area (Å²) >= 11 is 0. The second-order valence-electron chi connectivity index (χ2n) is 8.13. The van der Waals surface area contributed by atoms with Crippen molar-refractivity contribution in [1.82, 2.24) is 0 Å². The third-order valence-corrected chi connectivity index (χ3v) is 5.68. The van der Waals surface area contributed by atoms with Gasteiger partial charge in [-0.1, -0.05) is 80.8 Å². The molecule has 156 valence electrons. The van der Waals surface area contributed by atoms with E-state index in [4.69, 9.17) is 0 Å². The Morgan fingerprint density at radius 1 is 0.613 bits per heavy atom. The first-order chi connectivity index (χ1) is 15.1. The summed E-state index contributed by atoms with van der Waals surface area (Å²) in [7, 11) is 0. The molecule has 0 unspecified atom stereocenters. The highest BCUT2D eigenvalue weighted by Gasteiger charge is 2.04. The van der Waals surface area contributed by atoms with Gasteiger partial charge in [0.2, 0.25) is 0 Å². The summed E-state index contributed by atoms with van der Waals surface area (Å²) in [5, 5.41) is 4.79. The van der Waals surface area contributed by atoms with E-state index in [2.05, 4.69) is 55.2 Å². The largest absolute Gasteiger partial charge is 0.207 e. The summed E-state index contributed by atoms with van der Waals surface area (Å²) in [5.41, 5.74) is 2.55. The molecular weight excluding hydrogens is 386 g/mol. The van der Waals surface area contributed by atoms with Gasteiger partial charge in [-0.25, -0.2) is 8.78 Å². The third-order valence-electron chi connectivity index (χ3n) is 5.68. The molecule has 2 heteroatoms. The second-order valence-corrected chi connectivity index (χ2v) is 8.13. The van der Waals surface area contributed by atoms with Gasteiger partial charge >= 0.3 is 0 Å². The Hall–Kier alpha value is -3.18. The van der Waals surface area contributed by atoms with E-state index in [-0.39, 0.29) is 0 Å². The van der Waals surface area contributed by atoms with E-state index in [1.165, 1.54) is 66.0 Å². The molecule has 0 N–H and O–H groups in total. The van der Waals surface area contributed by atoms with Crippen molar-refractivity contribution in [2.24, 2.45) is 0 Å². The highest BCUT2D eigenvalue weighted by Crippen LogP contribution is 2.27. The van der Waals surface area contributed by atoms with Crippen LogP contribution in [0.15, 0.2) is 66.7 Å². The summed E-state index contributed by atoms with van der Waals surface area (Å²) in [5.74, 6) is 4.64. The first-order valence-electron chi connectivity index (χ1n) is 11.1. The lowest BCUT2D eigenvalue weighted by Gasteiger charge is -2.08. The quantitative estimate of drug-likeness (QED) is 0.170. The van der Waals surface area contributed by atoms with Crippen molar-refractivity contribution in [2.75, 3.05) is 0 Å². The van der Waals surface area contributed by atoms with Crippen LogP contribution in [0.4, 0.5) is 8.78 Å². The Kier molecular flexibility index (Phi) is 6.63. The lowest BCUT2D eigenvalue weighted by atomic mass is 9.97. The topological polar surface area (TPSA) is 0 Å².